The molecule has 0 heterocycles. The largest absolute Gasteiger partial charge is 0.383 e. The number of nitrogens with one attached hydrogen (secondary N) is 1. The topological polar surface area (TPSA) is 40.1 Å². The zero-order valence-corrected chi connectivity index (χ0v) is 19.0. The van der Waals surface area contributed by atoms with Crippen LogP contribution in [0.3, 0.4) is 0 Å². The molecule has 138 valence electrons. The lowest BCUT2D eigenvalue weighted by Gasteiger charge is -2.23. The summed E-state index contributed by atoms with van der Waals surface area (Å²) < 4.78 is 6.19. The molecule has 0 unspecified atom stereocenters. The average molecular weight is 513 g/mol. The van der Waals surface area contributed by atoms with Crippen molar-refractivity contribution in [2.45, 2.75) is 13.5 Å². The van der Waals surface area contributed by atoms with Gasteiger partial charge in [-0.3, -0.25) is 4.99 Å². The van der Waals surface area contributed by atoms with Crippen molar-refractivity contribution in [1.82, 2.24) is 15.1 Å². The molecule has 0 saturated heterocycles. The molecule has 0 fully saturated rings. The maximum absolute atomic E-state index is 5.09. The second kappa shape index (κ2) is 13.9. The number of likely N-dealkylation sites (N-methyl/N-ethyl adjacent to an activating group) is 1. The van der Waals surface area contributed by atoms with Gasteiger partial charge in [0.15, 0.2) is 5.96 Å². The molecular weight excluding hydrogens is 483 g/mol. The highest BCUT2D eigenvalue weighted by atomic mass is 127. The van der Waals surface area contributed by atoms with Crippen molar-refractivity contribution < 1.29 is 4.74 Å². The molecule has 0 radical (unpaired) electrons. The minimum Gasteiger partial charge on any atom is -0.383 e. The van der Waals surface area contributed by atoms with Crippen molar-refractivity contribution in [1.29, 1.82) is 0 Å². The Morgan fingerprint density at radius 3 is 2.46 bits per heavy atom. The molecule has 0 bridgehead atoms. The second-order valence-corrected chi connectivity index (χ2v) is 6.43. The van der Waals surface area contributed by atoms with Gasteiger partial charge >= 0.3 is 0 Å². The highest BCUT2D eigenvalue weighted by molar-refractivity contribution is 14.0. The van der Waals surface area contributed by atoms with Crippen LogP contribution in [0.1, 0.15) is 12.5 Å². The van der Waals surface area contributed by atoms with E-state index in [-0.39, 0.29) is 24.0 Å². The lowest BCUT2D eigenvalue weighted by atomic mass is 10.2. The fourth-order valence-corrected chi connectivity index (χ4v) is 2.36. The monoisotopic (exact) mass is 512 g/mol. The number of benzene rings is 1. The van der Waals surface area contributed by atoms with Gasteiger partial charge in [0.2, 0.25) is 0 Å². The van der Waals surface area contributed by atoms with Gasteiger partial charge in [-0.25, -0.2) is 0 Å². The van der Waals surface area contributed by atoms with Crippen molar-refractivity contribution in [3.63, 3.8) is 0 Å². The van der Waals surface area contributed by atoms with Crippen LogP contribution in [0.2, 0.25) is 0 Å². The second-order valence-electron chi connectivity index (χ2n) is 5.51. The van der Waals surface area contributed by atoms with E-state index < -0.39 is 0 Å². The average Bonchev–Trinajstić information content (AvgIpc) is 2.54. The van der Waals surface area contributed by atoms with E-state index in [0.29, 0.717) is 0 Å². The van der Waals surface area contributed by atoms with Gasteiger partial charge < -0.3 is 19.9 Å². The number of guanidine groups is 1. The predicted octanol–water partition coefficient (Wildman–Crippen LogP) is 3.04. The van der Waals surface area contributed by atoms with Gasteiger partial charge in [0.05, 0.1) is 13.2 Å². The van der Waals surface area contributed by atoms with Crippen molar-refractivity contribution >= 4 is 45.9 Å². The first-order chi connectivity index (χ1) is 11.1. The maximum Gasteiger partial charge on any atom is 0.194 e. The fourth-order valence-electron chi connectivity index (χ4n) is 2.09. The van der Waals surface area contributed by atoms with Gasteiger partial charge in [0.1, 0.15) is 0 Å². The van der Waals surface area contributed by atoms with E-state index in [1.54, 1.807) is 7.11 Å². The van der Waals surface area contributed by atoms with Crippen LogP contribution in [-0.2, 0) is 11.3 Å². The number of aliphatic imine (C=N–C) groups is 1. The summed E-state index contributed by atoms with van der Waals surface area (Å²) in [7, 11) is 5.89. The Hall–Kier alpha value is -0.380. The van der Waals surface area contributed by atoms with Crippen molar-refractivity contribution in [3.8, 4) is 0 Å². The summed E-state index contributed by atoms with van der Waals surface area (Å²) in [5.41, 5.74) is 1.26. The Bertz CT molecular complexity index is 470. The molecule has 1 aromatic rings. The summed E-state index contributed by atoms with van der Waals surface area (Å²) in [6.45, 7) is 7.16. The first-order valence-electron chi connectivity index (χ1n) is 7.98. The van der Waals surface area contributed by atoms with Crippen LogP contribution in [0, 0.1) is 0 Å². The molecule has 1 rings (SSSR count). The molecule has 24 heavy (non-hydrogen) atoms. The third-order valence-corrected chi connectivity index (χ3v) is 3.98. The molecule has 0 aromatic heterocycles. The van der Waals surface area contributed by atoms with Gasteiger partial charge in [-0.15, -0.1) is 24.0 Å². The number of methoxy groups -OCH3 is 1. The normalized spacial score (nSPS) is 11.3. The first kappa shape index (κ1) is 23.6. The van der Waals surface area contributed by atoms with Crippen molar-refractivity contribution in [3.05, 3.63) is 34.3 Å². The fraction of sp³-hybridized carbons (Fsp3) is 0.588. The highest BCUT2D eigenvalue weighted by Gasteiger charge is 2.06. The Balaban J connectivity index is 0.00000529. The van der Waals surface area contributed by atoms with Gasteiger partial charge in [-0.2, -0.15) is 0 Å². The number of rotatable bonds is 9. The van der Waals surface area contributed by atoms with Gasteiger partial charge in [-0.1, -0.05) is 28.1 Å². The summed E-state index contributed by atoms with van der Waals surface area (Å²) >= 11 is 3.47. The molecule has 7 heteroatoms. The Labute approximate surface area is 172 Å². The van der Waals surface area contributed by atoms with Crippen molar-refractivity contribution in [2.24, 2.45) is 4.99 Å². The molecule has 0 aliphatic rings. The smallest absolute Gasteiger partial charge is 0.194 e. The molecule has 0 saturated carbocycles. The van der Waals surface area contributed by atoms with E-state index in [9.17, 15) is 0 Å². The third-order valence-electron chi connectivity index (χ3n) is 3.45. The number of hydrogen-bond acceptors (Lipinski definition) is 3. The lowest BCUT2D eigenvalue weighted by Crippen LogP contribution is -2.39. The number of hydrogen-bond donors (Lipinski definition) is 1. The summed E-state index contributed by atoms with van der Waals surface area (Å²) in [5.74, 6) is 0.940. The van der Waals surface area contributed by atoms with E-state index in [2.05, 4.69) is 76.3 Å². The zero-order valence-electron chi connectivity index (χ0n) is 15.1. The van der Waals surface area contributed by atoms with Crippen LogP contribution >= 0.6 is 39.9 Å². The van der Waals surface area contributed by atoms with Crippen LogP contribution in [0.25, 0.3) is 0 Å². The van der Waals surface area contributed by atoms with Crippen LogP contribution in [-0.4, -0.2) is 69.8 Å². The highest BCUT2D eigenvalue weighted by Crippen LogP contribution is 2.11. The molecule has 0 spiro atoms. The molecule has 0 aliphatic carbocycles. The quantitative estimate of drug-likeness (QED) is 0.313. The minimum atomic E-state index is 0. The van der Waals surface area contributed by atoms with Gasteiger partial charge in [-0.05, 0) is 31.7 Å². The van der Waals surface area contributed by atoms with E-state index in [0.717, 1.165) is 49.8 Å². The maximum atomic E-state index is 5.09. The van der Waals surface area contributed by atoms with Crippen LogP contribution < -0.4 is 5.32 Å². The van der Waals surface area contributed by atoms with E-state index in [4.69, 9.17) is 9.73 Å². The molecule has 0 atom stereocenters. The van der Waals surface area contributed by atoms with Gasteiger partial charge in [0.25, 0.3) is 0 Å². The SMILES string of the molecule is CCNC(=NCCN(C)CCOC)N(C)Cc1ccc(Br)cc1.I. The van der Waals surface area contributed by atoms with Gasteiger partial charge in [0, 0.05) is 44.8 Å². The molecule has 0 amide bonds. The third kappa shape index (κ3) is 9.80. The molecule has 0 aliphatic heterocycles. The summed E-state index contributed by atoms with van der Waals surface area (Å²) in [6, 6.07) is 8.39. The minimum absolute atomic E-state index is 0. The number of ether oxygens (including phenoxy) is 1. The number of nitrogens with zero attached hydrogens (tertiary/aromatic N) is 3. The van der Waals surface area contributed by atoms with Crippen molar-refractivity contribution in [2.75, 3.05) is 54.0 Å². The number of halogens is 2. The Morgan fingerprint density at radius 2 is 1.88 bits per heavy atom. The van der Waals surface area contributed by atoms with Crippen LogP contribution in [0.4, 0.5) is 0 Å². The first-order valence-corrected chi connectivity index (χ1v) is 8.77. The van der Waals surface area contributed by atoms with Crippen LogP contribution in [0.5, 0.6) is 0 Å². The molecule has 1 aromatic carbocycles. The Kier molecular flexibility index (Phi) is 13.6. The molecular formula is C17H30BrIN4O. The summed E-state index contributed by atoms with van der Waals surface area (Å²) in [6.07, 6.45) is 0. The standard InChI is InChI=1S/C17H29BrN4O.HI/c1-5-19-17(20-10-11-21(2)12-13-23-4)22(3)14-15-6-8-16(18)9-7-15;/h6-9H,5,10-14H2,1-4H3,(H,19,20);1H. The van der Waals surface area contributed by atoms with E-state index in [1.807, 2.05) is 0 Å². The van der Waals surface area contributed by atoms with Crippen LogP contribution in [0.15, 0.2) is 33.7 Å². The summed E-state index contributed by atoms with van der Waals surface area (Å²) in [5, 5.41) is 3.35. The Morgan fingerprint density at radius 1 is 1.21 bits per heavy atom. The molecule has 1 N–H and O–H groups in total. The lowest BCUT2D eigenvalue weighted by molar-refractivity contribution is 0.163. The zero-order chi connectivity index (χ0) is 17.1. The van der Waals surface area contributed by atoms with E-state index in [1.165, 1.54) is 5.56 Å². The predicted molar refractivity (Wildman–Crippen MR) is 116 cm³/mol. The summed E-state index contributed by atoms with van der Waals surface area (Å²) in [4.78, 5) is 9.10. The van der Waals surface area contributed by atoms with E-state index >= 15 is 0 Å². The molecule has 5 nitrogen and oxygen atoms in total.